The largest absolute Gasteiger partial charge is 0.494 e. The predicted molar refractivity (Wildman–Crippen MR) is 125 cm³/mol. The standard InChI is InChI=1S/C20H21N3O4S4/c1-2-27-15-5-7-16(8-6-15)31(25,26)23-13-28-12-17(23)19(24)21-10-14-11-30-20(22-14)18-4-3-9-29-18/h3-9,11,17H,2,10,12-13H2,1H3,(H,21,24)/t17-/m1/s1. The van der Waals surface area contributed by atoms with Crippen LogP contribution in [0.15, 0.2) is 52.1 Å². The number of hydrogen-bond donors (Lipinski definition) is 1. The van der Waals surface area contributed by atoms with Gasteiger partial charge in [-0.15, -0.1) is 34.4 Å². The van der Waals surface area contributed by atoms with Crippen LogP contribution in [0.4, 0.5) is 0 Å². The molecule has 1 aliphatic heterocycles. The molecule has 0 unspecified atom stereocenters. The van der Waals surface area contributed by atoms with E-state index in [1.165, 1.54) is 39.5 Å². The summed E-state index contributed by atoms with van der Waals surface area (Å²) < 4.78 is 32.9. The molecular formula is C20H21N3O4S4. The summed E-state index contributed by atoms with van der Waals surface area (Å²) >= 11 is 4.56. The summed E-state index contributed by atoms with van der Waals surface area (Å²) in [7, 11) is -3.79. The summed E-state index contributed by atoms with van der Waals surface area (Å²) in [5.74, 6) is 0.953. The van der Waals surface area contributed by atoms with Crippen LogP contribution < -0.4 is 10.1 Å². The van der Waals surface area contributed by atoms with Crippen molar-refractivity contribution in [1.29, 1.82) is 0 Å². The Bertz CT molecular complexity index is 1130. The van der Waals surface area contributed by atoms with E-state index in [-0.39, 0.29) is 23.2 Å². The van der Waals surface area contributed by atoms with Crippen LogP contribution in [0.25, 0.3) is 9.88 Å². The summed E-state index contributed by atoms with van der Waals surface area (Å²) in [4.78, 5) is 18.6. The highest BCUT2D eigenvalue weighted by atomic mass is 32.2. The number of thiophene rings is 1. The zero-order valence-electron chi connectivity index (χ0n) is 16.7. The molecule has 1 N–H and O–H groups in total. The first kappa shape index (κ1) is 22.3. The van der Waals surface area contributed by atoms with E-state index in [2.05, 4.69) is 10.3 Å². The molecule has 7 nitrogen and oxygen atoms in total. The number of aromatic nitrogens is 1. The number of amides is 1. The van der Waals surface area contributed by atoms with Crippen LogP contribution in [0.3, 0.4) is 0 Å². The first-order valence-electron chi connectivity index (χ1n) is 9.57. The smallest absolute Gasteiger partial charge is 0.244 e. The number of sulfonamides is 1. The quantitative estimate of drug-likeness (QED) is 0.513. The van der Waals surface area contributed by atoms with Gasteiger partial charge >= 0.3 is 0 Å². The van der Waals surface area contributed by atoms with Gasteiger partial charge < -0.3 is 10.1 Å². The van der Waals surface area contributed by atoms with Crippen molar-refractivity contribution < 1.29 is 17.9 Å². The van der Waals surface area contributed by atoms with Gasteiger partial charge in [0.15, 0.2) is 0 Å². The monoisotopic (exact) mass is 495 g/mol. The van der Waals surface area contributed by atoms with Crippen molar-refractivity contribution in [2.45, 2.75) is 24.4 Å². The van der Waals surface area contributed by atoms with Crippen molar-refractivity contribution in [2.24, 2.45) is 0 Å². The Morgan fingerprint density at radius 3 is 2.77 bits per heavy atom. The van der Waals surface area contributed by atoms with E-state index in [1.54, 1.807) is 23.5 Å². The third kappa shape index (κ3) is 4.96. The minimum atomic E-state index is -3.79. The van der Waals surface area contributed by atoms with Gasteiger partial charge in [0.05, 0.1) is 34.5 Å². The number of nitrogens with one attached hydrogen (secondary N) is 1. The van der Waals surface area contributed by atoms with Gasteiger partial charge in [0.2, 0.25) is 15.9 Å². The molecule has 3 heterocycles. The average molecular weight is 496 g/mol. The van der Waals surface area contributed by atoms with Gasteiger partial charge in [0.1, 0.15) is 16.8 Å². The van der Waals surface area contributed by atoms with Gasteiger partial charge in [-0.2, -0.15) is 4.31 Å². The molecule has 0 saturated carbocycles. The van der Waals surface area contributed by atoms with Crippen LogP contribution in [0.1, 0.15) is 12.6 Å². The Labute approximate surface area is 193 Å². The number of ether oxygens (including phenoxy) is 1. The average Bonchev–Trinajstić information content (AvgIpc) is 3.54. The van der Waals surface area contributed by atoms with Crippen LogP contribution in [-0.4, -0.2) is 47.9 Å². The maximum atomic E-state index is 13.1. The second-order valence-electron chi connectivity index (χ2n) is 6.65. The van der Waals surface area contributed by atoms with Crippen LogP contribution in [-0.2, 0) is 21.4 Å². The SMILES string of the molecule is CCOc1ccc(S(=O)(=O)N2CSC[C@@H]2C(=O)NCc2csc(-c3cccs3)n2)cc1. The van der Waals surface area contributed by atoms with Crippen molar-refractivity contribution in [3.05, 3.63) is 52.9 Å². The highest BCUT2D eigenvalue weighted by Crippen LogP contribution is 2.30. The molecule has 0 bridgehead atoms. The molecule has 1 aliphatic rings. The van der Waals surface area contributed by atoms with Crippen molar-refractivity contribution in [3.8, 4) is 15.6 Å². The molecule has 164 valence electrons. The zero-order valence-corrected chi connectivity index (χ0v) is 20.0. The second-order valence-corrected chi connectivity index (χ2v) is 11.3. The van der Waals surface area contributed by atoms with Crippen LogP contribution in [0.2, 0.25) is 0 Å². The highest BCUT2D eigenvalue weighted by Gasteiger charge is 2.40. The molecule has 1 aromatic carbocycles. The van der Waals surface area contributed by atoms with Gasteiger partial charge in [-0.05, 0) is 42.6 Å². The molecule has 2 aromatic heterocycles. The molecule has 1 amide bonds. The lowest BCUT2D eigenvalue weighted by Gasteiger charge is -2.22. The molecule has 0 spiro atoms. The van der Waals surface area contributed by atoms with Gasteiger partial charge in [0.25, 0.3) is 0 Å². The molecule has 0 aliphatic carbocycles. The van der Waals surface area contributed by atoms with Gasteiger partial charge in [0, 0.05) is 11.1 Å². The van der Waals surface area contributed by atoms with E-state index in [4.69, 9.17) is 4.74 Å². The number of thioether (sulfide) groups is 1. The number of carbonyl (C=O) groups excluding carboxylic acids is 1. The number of thiazole rings is 1. The second kappa shape index (κ2) is 9.70. The Balaban J connectivity index is 1.42. The first-order valence-corrected chi connectivity index (χ1v) is 13.9. The molecule has 11 heteroatoms. The Morgan fingerprint density at radius 1 is 1.26 bits per heavy atom. The van der Waals surface area contributed by atoms with E-state index < -0.39 is 16.1 Å². The highest BCUT2D eigenvalue weighted by molar-refractivity contribution is 8.00. The lowest BCUT2D eigenvalue weighted by molar-refractivity contribution is -0.124. The van der Waals surface area contributed by atoms with Crippen molar-refractivity contribution in [3.63, 3.8) is 0 Å². The van der Waals surface area contributed by atoms with E-state index in [0.29, 0.717) is 18.1 Å². The summed E-state index contributed by atoms with van der Waals surface area (Å²) in [5.41, 5.74) is 0.758. The van der Waals surface area contributed by atoms with Gasteiger partial charge in [-0.3, -0.25) is 4.79 Å². The van der Waals surface area contributed by atoms with E-state index in [9.17, 15) is 13.2 Å². The number of benzene rings is 1. The zero-order chi connectivity index (χ0) is 21.8. The summed E-state index contributed by atoms with van der Waals surface area (Å²) in [6.45, 7) is 2.63. The van der Waals surface area contributed by atoms with Crippen molar-refractivity contribution in [1.82, 2.24) is 14.6 Å². The molecular weight excluding hydrogens is 475 g/mol. The van der Waals surface area contributed by atoms with E-state index >= 15 is 0 Å². The first-order chi connectivity index (χ1) is 15.0. The third-order valence-corrected chi connectivity index (χ3v) is 9.59. The number of carbonyl (C=O) groups is 1. The molecule has 1 saturated heterocycles. The Kier molecular flexibility index (Phi) is 6.97. The maximum Gasteiger partial charge on any atom is 0.244 e. The van der Waals surface area contributed by atoms with Crippen LogP contribution in [0, 0.1) is 0 Å². The lowest BCUT2D eigenvalue weighted by Crippen LogP contribution is -2.46. The molecule has 4 rings (SSSR count). The van der Waals surface area contributed by atoms with Crippen molar-refractivity contribution in [2.75, 3.05) is 18.2 Å². The summed E-state index contributed by atoms with van der Waals surface area (Å²) in [5, 5.41) is 7.67. The van der Waals surface area contributed by atoms with E-state index in [0.717, 1.165) is 15.6 Å². The fourth-order valence-electron chi connectivity index (χ4n) is 3.08. The minimum Gasteiger partial charge on any atom is -0.494 e. The fourth-order valence-corrected chi connectivity index (χ4v) is 7.86. The third-order valence-electron chi connectivity index (χ3n) is 4.61. The maximum absolute atomic E-state index is 13.1. The molecule has 0 radical (unpaired) electrons. The fraction of sp³-hybridized carbons (Fsp3) is 0.300. The number of rotatable bonds is 8. The Hall–Kier alpha value is -1.92. The molecule has 31 heavy (non-hydrogen) atoms. The lowest BCUT2D eigenvalue weighted by atomic mass is 10.3. The van der Waals surface area contributed by atoms with Gasteiger partial charge in [-0.25, -0.2) is 13.4 Å². The molecule has 1 atom stereocenters. The van der Waals surface area contributed by atoms with Gasteiger partial charge in [-0.1, -0.05) is 6.07 Å². The van der Waals surface area contributed by atoms with Crippen LogP contribution >= 0.6 is 34.4 Å². The normalized spacial score (nSPS) is 17.0. The summed E-state index contributed by atoms with van der Waals surface area (Å²) in [6.07, 6.45) is 0. The van der Waals surface area contributed by atoms with E-state index in [1.807, 2.05) is 29.8 Å². The molecule has 3 aromatic rings. The van der Waals surface area contributed by atoms with Crippen molar-refractivity contribution >= 4 is 50.4 Å². The number of nitrogens with zero attached hydrogens (tertiary/aromatic N) is 2. The number of hydrogen-bond acceptors (Lipinski definition) is 8. The topological polar surface area (TPSA) is 88.6 Å². The predicted octanol–water partition coefficient (Wildman–Crippen LogP) is 3.65. The van der Waals surface area contributed by atoms with Crippen LogP contribution in [0.5, 0.6) is 5.75 Å². The summed E-state index contributed by atoms with van der Waals surface area (Å²) in [6, 6.07) is 9.51. The minimum absolute atomic E-state index is 0.149. The Morgan fingerprint density at radius 2 is 2.06 bits per heavy atom. The molecule has 1 fully saturated rings.